The van der Waals surface area contributed by atoms with Crippen LogP contribution in [-0.2, 0) is 9.84 Å². The Labute approximate surface area is 99.6 Å². The normalized spacial score (nSPS) is 13.0. The molecule has 0 atom stereocenters. The number of nitrogens with zero attached hydrogens (tertiary/aromatic N) is 1. The van der Waals surface area contributed by atoms with Crippen LogP contribution in [0.1, 0.15) is 34.1 Å². The first kappa shape index (κ1) is 15.9. The van der Waals surface area contributed by atoms with Crippen molar-refractivity contribution in [1.82, 2.24) is 4.90 Å². The van der Waals surface area contributed by atoms with Crippen molar-refractivity contribution in [1.29, 1.82) is 0 Å². The molecular weight excluding hydrogens is 226 g/mol. The van der Waals surface area contributed by atoms with Gasteiger partial charge in [0.1, 0.15) is 0 Å². The number of rotatable bonds is 8. The first-order valence-corrected chi connectivity index (χ1v) is 7.59. The van der Waals surface area contributed by atoms with Gasteiger partial charge in [0.15, 0.2) is 9.84 Å². The van der Waals surface area contributed by atoms with Gasteiger partial charge in [-0.05, 0) is 34.1 Å². The molecule has 0 heterocycles. The Bertz CT molecular complexity index is 273. The Morgan fingerprint density at radius 3 is 2.06 bits per heavy atom. The maximum atomic E-state index is 11.7. The van der Waals surface area contributed by atoms with E-state index in [1.165, 1.54) is 0 Å². The molecule has 0 aromatic rings. The van der Waals surface area contributed by atoms with E-state index in [4.69, 9.17) is 5.11 Å². The minimum Gasteiger partial charge on any atom is -0.396 e. The third kappa shape index (κ3) is 5.82. The van der Waals surface area contributed by atoms with Gasteiger partial charge in [0.25, 0.3) is 0 Å². The van der Waals surface area contributed by atoms with Crippen molar-refractivity contribution < 1.29 is 13.5 Å². The molecule has 0 bridgehead atoms. The fourth-order valence-corrected chi connectivity index (χ4v) is 2.34. The summed E-state index contributed by atoms with van der Waals surface area (Å²) in [6, 6.07) is 0.314. The Morgan fingerprint density at radius 1 is 1.12 bits per heavy atom. The molecule has 5 heteroatoms. The zero-order valence-electron chi connectivity index (χ0n) is 10.8. The summed E-state index contributed by atoms with van der Waals surface area (Å²) >= 11 is 0. The Kier molecular flexibility index (Phi) is 7.19. The van der Waals surface area contributed by atoms with Crippen LogP contribution in [0.2, 0.25) is 0 Å². The van der Waals surface area contributed by atoms with Crippen molar-refractivity contribution >= 4 is 9.84 Å². The van der Waals surface area contributed by atoms with Gasteiger partial charge in [-0.15, -0.1) is 0 Å². The highest BCUT2D eigenvalue weighted by atomic mass is 32.2. The van der Waals surface area contributed by atoms with Crippen molar-refractivity contribution in [3.8, 4) is 0 Å². The monoisotopic (exact) mass is 251 g/mol. The molecule has 0 amide bonds. The highest BCUT2D eigenvalue weighted by Gasteiger charge is 2.18. The molecule has 0 aromatic carbocycles. The summed E-state index contributed by atoms with van der Waals surface area (Å²) in [6.45, 7) is 8.96. The van der Waals surface area contributed by atoms with Crippen LogP contribution in [0.25, 0.3) is 0 Å². The van der Waals surface area contributed by atoms with E-state index < -0.39 is 9.84 Å². The second-order valence-electron chi connectivity index (χ2n) is 4.62. The maximum absolute atomic E-state index is 11.7. The summed E-state index contributed by atoms with van der Waals surface area (Å²) in [5.74, 6) is 0.203. The lowest BCUT2D eigenvalue weighted by Crippen LogP contribution is -2.37. The molecule has 98 valence electrons. The van der Waals surface area contributed by atoms with Crippen LogP contribution in [-0.4, -0.2) is 55.2 Å². The molecule has 4 nitrogen and oxygen atoms in total. The molecule has 0 spiro atoms. The predicted molar refractivity (Wildman–Crippen MR) is 67.3 cm³/mol. The first-order valence-electron chi connectivity index (χ1n) is 5.87. The molecule has 16 heavy (non-hydrogen) atoms. The lowest BCUT2D eigenvalue weighted by atomic mass is 10.3. The van der Waals surface area contributed by atoms with Gasteiger partial charge in [-0.3, -0.25) is 4.90 Å². The van der Waals surface area contributed by atoms with Gasteiger partial charge in [-0.2, -0.15) is 0 Å². The topological polar surface area (TPSA) is 57.6 Å². The number of aliphatic hydroxyl groups excluding tert-OH is 1. The maximum Gasteiger partial charge on any atom is 0.153 e. The molecule has 1 N–H and O–H groups in total. The molecule has 0 radical (unpaired) electrons. The summed E-state index contributed by atoms with van der Waals surface area (Å²) in [7, 11) is -2.96. The van der Waals surface area contributed by atoms with E-state index >= 15 is 0 Å². The lowest BCUT2D eigenvalue weighted by molar-refractivity contribution is 0.200. The third-order valence-corrected chi connectivity index (χ3v) is 4.90. The molecular formula is C11H25NO3S. The third-order valence-electron chi connectivity index (χ3n) is 2.71. The zero-order chi connectivity index (χ0) is 12.8. The molecule has 0 aromatic heterocycles. The van der Waals surface area contributed by atoms with Crippen molar-refractivity contribution in [2.45, 2.75) is 45.4 Å². The quantitative estimate of drug-likeness (QED) is 0.696. The Balaban J connectivity index is 4.22. The average molecular weight is 251 g/mol. The Morgan fingerprint density at radius 2 is 1.69 bits per heavy atom. The largest absolute Gasteiger partial charge is 0.396 e. The SMILES string of the molecule is CC(C)N(CCCO)CCS(=O)(=O)C(C)C. The highest BCUT2D eigenvalue weighted by Crippen LogP contribution is 2.05. The Hall–Kier alpha value is -0.130. The van der Waals surface area contributed by atoms with E-state index in [1.807, 2.05) is 13.8 Å². The summed E-state index contributed by atoms with van der Waals surface area (Å²) in [5, 5.41) is 8.46. The standard InChI is InChI=1S/C11H25NO3S/c1-10(2)12(6-5-8-13)7-9-16(14,15)11(3)4/h10-11,13H,5-9H2,1-4H3. The van der Waals surface area contributed by atoms with Crippen LogP contribution < -0.4 is 0 Å². The van der Waals surface area contributed by atoms with Crippen LogP contribution in [0.3, 0.4) is 0 Å². The van der Waals surface area contributed by atoms with Crippen LogP contribution in [0.5, 0.6) is 0 Å². The molecule has 0 rings (SSSR count). The molecule has 0 aliphatic carbocycles. The number of hydrogen-bond acceptors (Lipinski definition) is 4. The van der Waals surface area contributed by atoms with Gasteiger partial charge in [0.05, 0.1) is 11.0 Å². The van der Waals surface area contributed by atoms with Gasteiger partial charge < -0.3 is 5.11 Å². The van der Waals surface area contributed by atoms with Crippen LogP contribution in [0.4, 0.5) is 0 Å². The predicted octanol–water partition coefficient (Wildman–Crippen LogP) is 0.902. The number of hydrogen-bond donors (Lipinski definition) is 1. The fraction of sp³-hybridized carbons (Fsp3) is 1.00. The van der Waals surface area contributed by atoms with Gasteiger partial charge in [0.2, 0.25) is 0 Å². The number of sulfone groups is 1. The second kappa shape index (κ2) is 7.25. The fourth-order valence-electron chi connectivity index (χ4n) is 1.38. The number of aliphatic hydroxyl groups is 1. The van der Waals surface area contributed by atoms with Crippen LogP contribution in [0.15, 0.2) is 0 Å². The molecule has 0 saturated carbocycles. The molecule has 0 fully saturated rings. The summed E-state index contributed by atoms with van der Waals surface area (Å²) in [4.78, 5) is 2.09. The van der Waals surface area contributed by atoms with E-state index in [9.17, 15) is 8.42 Å². The molecule has 0 unspecified atom stereocenters. The molecule has 0 saturated heterocycles. The minimum absolute atomic E-state index is 0.153. The van der Waals surface area contributed by atoms with Gasteiger partial charge in [0, 0.05) is 25.7 Å². The zero-order valence-corrected chi connectivity index (χ0v) is 11.6. The summed E-state index contributed by atoms with van der Waals surface area (Å²) < 4.78 is 23.3. The van der Waals surface area contributed by atoms with E-state index in [0.29, 0.717) is 19.0 Å². The minimum atomic E-state index is -2.96. The highest BCUT2D eigenvalue weighted by molar-refractivity contribution is 7.92. The van der Waals surface area contributed by atoms with Crippen LogP contribution in [0, 0.1) is 0 Å². The van der Waals surface area contributed by atoms with Gasteiger partial charge in [-0.25, -0.2) is 8.42 Å². The van der Waals surface area contributed by atoms with Crippen molar-refractivity contribution in [3.63, 3.8) is 0 Å². The van der Waals surface area contributed by atoms with E-state index in [-0.39, 0.29) is 17.6 Å². The van der Waals surface area contributed by atoms with Crippen molar-refractivity contribution in [3.05, 3.63) is 0 Å². The lowest BCUT2D eigenvalue weighted by Gasteiger charge is -2.26. The van der Waals surface area contributed by atoms with Gasteiger partial charge in [-0.1, -0.05) is 0 Å². The van der Waals surface area contributed by atoms with E-state index in [0.717, 1.165) is 6.54 Å². The van der Waals surface area contributed by atoms with E-state index in [1.54, 1.807) is 13.8 Å². The smallest absolute Gasteiger partial charge is 0.153 e. The van der Waals surface area contributed by atoms with Crippen LogP contribution >= 0.6 is 0 Å². The van der Waals surface area contributed by atoms with Crippen molar-refractivity contribution in [2.24, 2.45) is 0 Å². The second-order valence-corrected chi connectivity index (χ2v) is 7.30. The summed E-state index contributed by atoms with van der Waals surface area (Å²) in [5.41, 5.74) is 0. The molecule has 0 aliphatic heterocycles. The first-order chi connectivity index (χ1) is 7.31. The molecule has 0 aliphatic rings. The van der Waals surface area contributed by atoms with Crippen molar-refractivity contribution in [2.75, 3.05) is 25.4 Å². The average Bonchev–Trinajstić information content (AvgIpc) is 2.16. The van der Waals surface area contributed by atoms with E-state index in [2.05, 4.69) is 4.90 Å². The van der Waals surface area contributed by atoms with Gasteiger partial charge >= 0.3 is 0 Å². The summed E-state index contributed by atoms with van der Waals surface area (Å²) in [6.07, 6.45) is 0.694.